The summed E-state index contributed by atoms with van der Waals surface area (Å²) >= 11 is 0. The molecule has 0 aromatic carbocycles. The van der Waals surface area contributed by atoms with Crippen molar-refractivity contribution in [3.05, 3.63) is 11.4 Å². The Balaban J connectivity index is 1.87. The standard InChI is InChI=1S/C13H22N2/c1-9(2)15-13-7-5-11-8-10(11)4-6-12(13)14(15)3/h9-11H,4-8H2,1-3H3. The van der Waals surface area contributed by atoms with Crippen LogP contribution in [0.25, 0.3) is 0 Å². The minimum atomic E-state index is 0.628. The van der Waals surface area contributed by atoms with Crippen molar-refractivity contribution in [1.82, 2.24) is 9.36 Å². The number of rotatable bonds is 1. The van der Waals surface area contributed by atoms with Gasteiger partial charge in [-0.1, -0.05) is 0 Å². The first-order valence-corrected chi connectivity index (χ1v) is 6.43. The van der Waals surface area contributed by atoms with E-state index in [0.29, 0.717) is 6.04 Å². The van der Waals surface area contributed by atoms with Crippen molar-refractivity contribution in [2.75, 3.05) is 0 Å². The van der Waals surface area contributed by atoms with E-state index in [1.807, 2.05) is 0 Å². The molecule has 1 heterocycles. The molecule has 1 saturated carbocycles. The van der Waals surface area contributed by atoms with E-state index in [-0.39, 0.29) is 0 Å². The van der Waals surface area contributed by atoms with E-state index in [0.717, 1.165) is 11.8 Å². The minimum absolute atomic E-state index is 0.628. The summed E-state index contributed by atoms with van der Waals surface area (Å²) in [5.41, 5.74) is 3.28. The molecule has 0 bridgehead atoms. The van der Waals surface area contributed by atoms with Gasteiger partial charge in [0, 0.05) is 13.1 Å². The lowest BCUT2D eigenvalue weighted by molar-refractivity contribution is 0.342. The summed E-state index contributed by atoms with van der Waals surface area (Å²) in [6.45, 7) is 4.58. The Morgan fingerprint density at radius 2 is 1.67 bits per heavy atom. The largest absolute Gasteiger partial charge is 0.291 e. The molecule has 0 saturated heterocycles. The fraction of sp³-hybridized carbons (Fsp3) is 0.846. The Labute approximate surface area is 92.2 Å². The highest BCUT2D eigenvalue weighted by Gasteiger charge is 2.38. The lowest BCUT2D eigenvalue weighted by atomic mass is 9.99. The van der Waals surface area contributed by atoms with Crippen LogP contribution in [0.5, 0.6) is 0 Å². The third-order valence-electron chi connectivity index (χ3n) is 4.39. The van der Waals surface area contributed by atoms with Gasteiger partial charge in [-0.15, -0.1) is 0 Å². The lowest BCUT2D eigenvalue weighted by Crippen LogP contribution is -2.32. The molecule has 2 heteroatoms. The fourth-order valence-electron chi connectivity index (χ4n) is 3.47. The Morgan fingerprint density at radius 1 is 1.07 bits per heavy atom. The van der Waals surface area contributed by atoms with Crippen LogP contribution in [0.3, 0.4) is 0 Å². The number of aromatic nitrogens is 2. The molecule has 0 N–H and O–H groups in total. The Hall–Kier alpha value is -0.660. The summed E-state index contributed by atoms with van der Waals surface area (Å²) in [7, 11) is 2.23. The van der Waals surface area contributed by atoms with Crippen LogP contribution in [0.2, 0.25) is 0 Å². The molecular weight excluding hydrogens is 184 g/mol. The molecule has 2 atom stereocenters. The summed E-state index contributed by atoms with van der Waals surface area (Å²) in [5.74, 6) is 2.17. The molecule has 3 rings (SSSR count). The van der Waals surface area contributed by atoms with E-state index in [1.165, 1.54) is 32.1 Å². The Morgan fingerprint density at radius 3 is 2.27 bits per heavy atom. The maximum Gasteiger partial charge on any atom is 0.0561 e. The third-order valence-corrected chi connectivity index (χ3v) is 4.39. The third kappa shape index (κ3) is 1.37. The molecule has 2 aliphatic rings. The van der Waals surface area contributed by atoms with Crippen molar-refractivity contribution in [2.24, 2.45) is 18.9 Å². The van der Waals surface area contributed by atoms with Crippen LogP contribution in [0.4, 0.5) is 0 Å². The Kier molecular flexibility index (Phi) is 2.02. The molecule has 0 spiro atoms. The van der Waals surface area contributed by atoms with Crippen LogP contribution >= 0.6 is 0 Å². The molecule has 0 amide bonds. The van der Waals surface area contributed by atoms with Gasteiger partial charge in [0.2, 0.25) is 0 Å². The summed E-state index contributed by atoms with van der Waals surface area (Å²) < 4.78 is 4.88. The summed E-state index contributed by atoms with van der Waals surface area (Å²) in [5, 5.41) is 0. The van der Waals surface area contributed by atoms with Crippen LogP contribution in [-0.2, 0) is 19.9 Å². The molecule has 1 fully saturated rings. The van der Waals surface area contributed by atoms with E-state index in [4.69, 9.17) is 0 Å². The monoisotopic (exact) mass is 206 g/mol. The first-order chi connectivity index (χ1) is 7.18. The molecule has 84 valence electrons. The highest BCUT2D eigenvalue weighted by molar-refractivity contribution is 5.19. The van der Waals surface area contributed by atoms with Gasteiger partial charge in [0.15, 0.2) is 0 Å². The summed E-state index contributed by atoms with van der Waals surface area (Å²) in [6.07, 6.45) is 7.07. The average Bonchev–Trinajstić information content (AvgIpc) is 2.86. The highest BCUT2D eigenvalue weighted by atomic mass is 15.4. The lowest BCUT2D eigenvalue weighted by Gasteiger charge is -2.33. The maximum atomic E-state index is 2.48. The van der Waals surface area contributed by atoms with Crippen LogP contribution < -0.4 is 0 Å². The van der Waals surface area contributed by atoms with Crippen LogP contribution in [-0.4, -0.2) is 9.36 Å². The van der Waals surface area contributed by atoms with Crippen molar-refractivity contribution >= 4 is 0 Å². The zero-order valence-electron chi connectivity index (χ0n) is 10.2. The number of hydrogen-bond acceptors (Lipinski definition) is 0. The minimum Gasteiger partial charge on any atom is -0.291 e. The molecule has 1 aromatic rings. The second-order valence-electron chi connectivity index (χ2n) is 5.69. The quantitative estimate of drug-likeness (QED) is 0.668. The number of hydrogen-bond donors (Lipinski definition) is 0. The Bertz CT molecular complexity index is 370. The van der Waals surface area contributed by atoms with Crippen molar-refractivity contribution in [2.45, 2.75) is 52.0 Å². The van der Waals surface area contributed by atoms with Gasteiger partial charge in [0.1, 0.15) is 0 Å². The van der Waals surface area contributed by atoms with Gasteiger partial charge >= 0.3 is 0 Å². The van der Waals surface area contributed by atoms with Crippen molar-refractivity contribution in [1.29, 1.82) is 0 Å². The smallest absolute Gasteiger partial charge is 0.0561 e. The first kappa shape index (κ1) is 9.56. The SMILES string of the molecule is CC(C)n1c2c(n1C)CCC1CC1CC2. The summed E-state index contributed by atoms with van der Waals surface area (Å²) in [4.78, 5) is 0. The normalized spacial score (nSPS) is 29.6. The van der Waals surface area contributed by atoms with E-state index in [1.54, 1.807) is 11.4 Å². The second kappa shape index (κ2) is 3.16. The zero-order chi connectivity index (χ0) is 10.6. The first-order valence-electron chi connectivity index (χ1n) is 6.43. The number of fused-ring (bicyclic) bond motifs is 2. The molecule has 2 unspecified atom stereocenters. The molecule has 2 nitrogen and oxygen atoms in total. The van der Waals surface area contributed by atoms with Crippen LogP contribution in [0, 0.1) is 11.8 Å². The van der Waals surface area contributed by atoms with Gasteiger partial charge in [-0.25, -0.2) is 0 Å². The second-order valence-corrected chi connectivity index (χ2v) is 5.69. The molecule has 0 radical (unpaired) electrons. The van der Waals surface area contributed by atoms with E-state index in [9.17, 15) is 0 Å². The van der Waals surface area contributed by atoms with Gasteiger partial charge in [0.25, 0.3) is 0 Å². The van der Waals surface area contributed by atoms with Crippen LogP contribution in [0.1, 0.15) is 50.5 Å². The van der Waals surface area contributed by atoms with Gasteiger partial charge in [-0.05, 0) is 57.8 Å². The van der Waals surface area contributed by atoms with Crippen molar-refractivity contribution in [3.8, 4) is 0 Å². The van der Waals surface area contributed by atoms with Crippen molar-refractivity contribution < 1.29 is 0 Å². The fourth-order valence-corrected chi connectivity index (χ4v) is 3.47. The van der Waals surface area contributed by atoms with E-state index >= 15 is 0 Å². The zero-order valence-corrected chi connectivity index (χ0v) is 10.2. The molecule has 0 aliphatic heterocycles. The summed E-state index contributed by atoms with van der Waals surface area (Å²) in [6, 6.07) is 0.628. The van der Waals surface area contributed by atoms with Gasteiger partial charge < -0.3 is 0 Å². The molecule has 15 heavy (non-hydrogen) atoms. The van der Waals surface area contributed by atoms with E-state index in [2.05, 4.69) is 30.3 Å². The molecule has 1 aromatic heterocycles. The number of nitrogens with zero attached hydrogens (tertiary/aromatic N) is 2. The van der Waals surface area contributed by atoms with Crippen LogP contribution in [0.15, 0.2) is 0 Å². The highest BCUT2D eigenvalue weighted by Crippen LogP contribution is 2.47. The van der Waals surface area contributed by atoms with Gasteiger partial charge in [0.05, 0.1) is 11.4 Å². The average molecular weight is 206 g/mol. The van der Waals surface area contributed by atoms with Crippen molar-refractivity contribution in [3.63, 3.8) is 0 Å². The van der Waals surface area contributed by atoms with Gasteiger partial charge in [-0.2, -0.15) is 0 Å². The topological polar surface area (TPSA) is 9.86 Å². The maximum absolute atomic E-state index is 2.48. The van der Waals surface area contributed by atoms with E-state index < -0.39 is 0 Å². The molecular formula is C13H22N2. The molecule has 2 aliphatic carbocycles. The predicted octanol–water partition coefficient (Wildman–Crippen LogP) is 2.92. The van der Waals surface area contributed by atoms with Gasteiger partial charge in [-0.3, -0.25) is 9.36 Å². The predicted molar refractivity (Wildman–Crippen MR) is 62.0 cm³/mol.